The first-order chi connectivity index (χ1) is 31.6. The number of Topliss-reactive ketones (excluding diaryl/α,β-unsaturated/α-hetero) is 1. The van der Waals surface area contributed by atoms with Crippen molar-refractivity contribution in [1.82, 2.24) is 0 Å². The first kappa shape index (κ1) is 61.4. The van der Waals surface area contributed by atoms with Gasteiger partial charge >= 0.3 is 27.6 Å². The van der Waals surface area contributed by atoms with Gasteiger partial charge in [-0.1, -0.05) is 132 Å². The molecule has 16 nitrogen and oxygen atoms in total. The molecule has 0 spiro atoms. The fourth-order valence-corrected chi connectivity index (χ4v) is 8.21. The minimum absolute atomic E-state index is 0.0325. The summed E-state index contributed by atoms with van der Waals surface area (Å²) in [6.45, 7) is 1.33. The van der Waals surface area contributed by atoms with Crippen LogP contribution >= 0.6 is 15.6 Å². The molecule has 7 atom stereocenters. The zero-order valence-corrected chi connectivity index (χ0v) is 41.3. The zero-order chi connectivity index (χ0) is 48.9. The average molecular weight is 977 g/mol. The minimum atomic E-state index is -4.90. The Morgan fingerprint density at radius 1 is 0.667 bits per heavy atom. The van der Waals surface area contributed by atoms with Crippen molar-refractivity contribution in [2.75, 3.05) is 26.4 Å². The van der Waals surface area contributed by atoms with Gasteiger partial charge in [0.2, 0.25) is 0 Å². The van der Waals surface area contributed by atoms with Crippen molar-refractivity contribution >= 4 is 33.4 Å². The number of ether oxygens (including phenoxy) is 2. The highest BCUT2D eigenvalue weighted by molar-refractivity contribution is 7.47. The third kappa shape index (κ3) is 34.7. The predicted molar refractivity (Wildman–Crippen MR) is 254 cm³/mol. The molecular formula is C48H82O16P2. The fraction of sp³-hybridized carbons (Fsp3) is 0.729. The third-order valence-corrected chi connectivity index (χ3v) is 12.2. The van der Waals surface area contributed by atoms with E-state index in [0.717, 1.165) is 77.0 Å². The number of rotatable bonds is 41. The second-order valence-electron chi connectivity index (χ2n) is 16.8. The molecule has 1 rings (SSSR count). The summed E-state index contributed by atoms with van der Waals surface area (Å²) >= 11 is 0. The first-order valence-corrected chi connectivity index (χ1v) is 27.1. The van der Waals surface area contributed by atoms with Crippen molar-refractivity contribution in [1.29, 1.82) is 0 Å². The van der Waals surface area contributed by atoms with E-state index in [9.17, 15) is 43.7 Å². The van der Waals surface area contributed by atoms with E-state index >= 15 is 0 Å². The van der Waals surface area contributed by atoms with E-state index in [1.165, 1.54) is 19.3 Å². The molecule has 1 unspecified atom stereocenters. The van der Waals surface area contributed by atoms with Gasteiger partial charge in [0, 0.05) is 25.2 Å². The van der Waals surface area contributed by atoms with E-state index in [0.29, 0.717) is 32.1 Å². The van der Waals surface area contributed by atoms with Gasteiger partial charge in [-0.15, -0.1) is 0 Å². The van der Waals surface area contributed by atoms with Crippen molar-refractivity contribution in [3.63, 3.8) is 0 Å². The van der Waals surface area contributed by atoms with Gasteiger partial charge in [-0.25, -0.2) is 9.13 Å². The molecule has 0 aliphatic heterocycles. The molecule has 0 aromatic carbocycles. The van der Waals surface area contributed by atoms with Crippen LogP contribution in [0.1, 0.15) is 162 Å². The smallest absolute Gasteiger partial charge is 0.462 e. The van der Waals surface area contributed by atoms with Crippen LogP contribution in [-0.4, -0.2) is 98.6 Å². The van der Waals surface area contributed by atoms with Crippen LogP contribution < -0.4 is 0 Å². The molecule has 0 heterocycles. The van der Waals surface area contributed by atoms with Gasteiger partial charge in [-0.05, 0) is 76.5 Å². The average Bonchev–Trinajstić information content (AvgIpc) is 3.54. The highest BCUT2D eigenvalue weighted by Gasteiger charge is 2.39. The number of carbonyl (C=O) groups excluding carboxylic acids is 3. The molecule has 6 N–H and O–H groups in total. The van der Waals surface area contributed by atoms with E-state index in [-0.39, 0.29) is 31.0 Å². The lowest BCUT2D eigenvalue weighted by atomic mass is 9.88. The highest BCUT2D eigenvalue weighted by Crippen LogP contribution is 2.44. The Morgan fingerprint density at radius 3 is 1.82 bits per heavy atom. The fourth-order valence-electron chi connectivity index (χ4n) is 7.06. The molecule has 18 heteroatoms. The molecule has 1 aliphatic rings. The van der Waals surface area contributed by atoms with Gasteiger partial charge in [0.25, 0.3) is 0 Å². The van der Waals surface area contributed by atoms with Crippen LogP contribution in [0.5, 0.6) is 0 Å². The number of esters is 2. The van der Waals surface area contributed by atoms with Gasteiger partial charge in [0.1, 0.15) is 18.5 Å². The summed E-state index contributed by atoms with van der Waals surface area (Å²) in [5.41, 5.74) is 0. The largest absolute Gasteiger partial charge is 0.472 e. The maximum Gasteiger partial charge on any atom is 0.472 e. The number of unbranched alkanes of at least 4 members (excludes halogenated alkanes) is 11. The van der Waals surface area contributed by atoms with Gasteiger partial charge in [-0.2, -0.15) is 0 Å². The summed E-state index contributed by atoms with van der Waals surface area (Å²) in [5, 5.41) is 30.6. The molecule has 0 aromatic heterocycles. The first-order valence-electron chi connectivity index (χ1n) is 24.1. The van der Waals surface area contributed by atoms with Gasteiger partial charge < -0.3 is 39.5 Å². The molecule has 380 valence electrons. The maximum atomic E-state index is 12.7. The number of phosphoric acid groups is 2. The second kappa shape index (κ2) is 38.3. The Kier molecular flexibility index (Phi) is 35.6. The Balaban J connectivity index is 2.53. The number of phosphoric ester groups is 2. The molecule has 0 radical (unpaired) electrons. The van der Waals surface area contributed by atoms with E-state index < -0.39 is 84.3 Å². The zero-order valence-electron chi connectivity index (χ0n) is 39.5. The van der Waals surface area contributed by atoms with Crippen LogP contribution in [0.3, 0.4) is 0 Å². The van der Waals surface area contributed by atoms with Gasteiger partial charge in [0.15, 0.2) is 6.10 Å². The Hall–Kier alpha value is -2.59. The molecule has 0 aromatic rings. The van der Waals surface area contributed by atoms with Gasteiger partial charge in [0.05, 0.1) is 32.0 Å². The minimum Gasteiger partial charge on any atom is -0.462 e. The highest BCUT2D eigenvalue weighted by atomic mass is 31.2. The predicted octanol–water partition coefficient (Wildman–Crippen LogP) is 9.38. The molecule has 0 saturated heterocycles. The quantitative estimate of drug-likeness (QED) is 0.0144. The van der Waals surface area contributed by atoms with Crippen molar-refractivity contribution in [2.45, 2.75) is 186 Å². The van der Waals surface area contributed by atoms with Crippen molar-refractivity contribution in [2.24, 2.45) is 11.8 Å². The lowest BCUT2D eigenvalue weighted by molar-refractivity contribution is -0.161. The number of aliphatic hydroxyl groups is 3. The summed E-state index contributed by atoms with van der Waals surface area (Å²) < 4.78 is 47.9. The number of carbonyl (C=O) groups is 3. The number of ketones is 1. The molecule has 1 saturated carbocycles. The standard InChI is InChI=1S/C48H82O16P2/c1-3-5-7-8-9-10-11-12-13-14-15-16-17-18-19-20-21-22-28-32-48(54)64-42(39-63-66(58,59)62-37-41(50)36-61-65(55,56)57)38-60-47(53)31-27-24-23-26-30-43-44(46(52)35-45(43)51)34-33-40(49)29-25-6-4-2/h9-10,12-13,15-16,18-19,33-34,40-45,49-51H,3-8,11,14,17,20-32,35-39H2,1-2H3,(H,58,59)(H2,55,56,57)/b10-9-,13-12-,16-15-,19-18-,34-33+/t40-,41-,42+,43+,44+,45-/m0/s1. The third-order valence-electron chi connectivity index (χ3n) is 10.8. The summed E-state index contributed by atoms with van der Waals surface area (Å²) in [5.74, 6) is -1.92. The molecule has 1 fully saturated rings. The van der Waals surface area contributed by atoms with E-state index in [1.54, 1.807) is 12.2 Å². The number of allylic oxidation sites excluding steroid dienone is 9. The normalized spacial score (nSPS) is 19.5. The van der Waals surface area contributed by atoms with Crippen LogP contribution in [0, 0.1) is 11.8 Å². The van der Waals surface area contributed by atoms with E-state index in [1.807, 2.05) is 0 Å². The molecule has 1 aliphatic carbocycles. The van der Waals surface area contributed by atoms with Gasteiger partial charge in [-0.3, -0.25) is 28.0 Å². The summed E-state index contributed by atoms with van der Waals surface area (Å²) in [4.78, 5) is 65.6. The Bertz CT molecular complexity index is 1560. The monoisotopic (exact) mass is 977 g/mol. The Morgan fingerprint density at radius 2 is 1.20 bits per heavy atom. The lowest BCUT2D eigenvalue weighted by Gasteiger charge is -2.20. The molecular weight excluding hydrogens is 894 g/mol. The topological polar surface area (TPSA) is 253 Å². The number of hydrogen-bond donors (Lipinski definition) is 6. The Labute approximate surface area is 393 Å². The van der Waals surface area contributed by atoms with E-state index in [2.05, 4.69) is 71.5 Å². The van der Waals surface area contributed by atoms with Crippen molar-refractivity contribution in [3.8, 4) is 0 Å². The molecule has 66 heavy (non-hydrogen) atoms. The molecule has 0 amide bonds. The van der Waals surface area contributed by atoms with Crippen molar-refractivity contribution < 1.29 is 76.6 Å². The maximum absolute atomic E-state index is 12.7. The van der Waals surface area contributed by atoms with Crippen LogP contribution in [-0.2, 0) is 46.6 Å². The lowest BCUT2D eigenvalue weighted by Crippen LogP contribution is -2.30. The summed E-state index contributed by atoms with van der Waals surface area (Å²) in [6.07, 6.45) is 34.0. The summed E-state index contributed by atoms with van der Waals surface area (Å²) in [6, 6.07) is 0. The number of hydrogen-bond acceptors (Lipinski definition) is 13. The van der Waals surface area contributed by atoms with Crippen molar-refractivity contribution in [3.05, 3.63) is 60.8 Å². The second-order valence-corrected chi connectivity index (χ2v) is 19.5. The van der Waals surface area contributed by atoms with E-state index in [4.69, 9.17) is 23.8 Å². The number of aliphatic hydroxyl groups excluding tert-OH is 3. The van der Waals surface area contributed by atoms with Crippen LogP contribution in [0.25, 0.3) is 0 Å². The van der Waals surface area contributed by atoms with Crippen LogP contribution in [0.2, 0.25) is 0 Å². The summed E-state index contributed by atoms with van der Waals surface area (Å²) in [7, 11) is -9.78. The molecule has 0 bridgehead atoms. The van der Waals surface area contributed by atoms with Crippen LogP contribution in [0.4, 0.5) is 0 Å². The van der Waals surface area contributed by atoms with Crippen LogP contribution in [0.15, 0.2) is 60.8 Å². The SMILES string of the molecule is CCCCC/C=C\C/C=C\C/C=C\C/C=C\CCCCCC(=O)O[C@H](COC(=O)CCCCCC[C@H]1[C@@H](O)CC(=O)[C@@H]1/C=C/[C@@H](O)CCCCC)COP(=O)(O)OC[C@@H](O)COP(=O)(O)O.